The molecule has 1 aromatic heterocycles. The maximum absolute atomic E-state index is 2.38. The zero-order chi connectivity index (χ0) is 18.8. The molecule has 1 heterocycles. The SMILES string of the molecule is Cc1ccc(-n2c(C)cc(P(c3ccccc3)c3ccccc3)c2C)cc1. The molecule has 0 aliphatic carbocycles. The second-order valence-electron chi connectivity index (χ2n) is 6.93. The smallest absolute Gasteiger partial charge is 0.0455 e. The summed E-state index contributed by atoms with van der Waals surface area (Å²) in [7, 11) is -0.580. The van der Waals surface area contributed by atoms with Gasteiger partial charge in [-0.25, -0.2) is 0 Å². The van der Waals surface area contributed by atoms with Crippen molar-refractivity contribution in [3.63, 3.8) is 0 Å². The average molecular weight is 369 g/mol. The lowest BCUT2D eigenvalue weighted by atomic mass is 10.2. The van der Waals surface area contributed by atoms with Crippen molar-refractivity contribution < 1.29 is 0 Å². The minimum absolute atomic E-state index is 0.580. The zero-order valence-corrected chi connectivity index (χ0v) is 16.9. The molecule has 3 aromatic carbocycles. The van der Waals surface area contributed by atoms with Gasteiger partial charge in [0.2, 0.25) is 0 Å². The molecule has 27 heavy (non-hydrogen) atoms. The maximum atomic E-state index is 2.38. The van der Waals surface area contributed by atoms with Gasteiger partial charge in [-0.2, -0.15) is 0 Å². The van der Waals surface area contributed by atoms with Crippen molar-refractivity contribution in [1.82, 2.24) is 4.57 Å². The van der Waals surface area contributed by atoms with E-state index in [0.29, 0.717) is 0 Å². The van der Waals surface area contributed by atoms with E-state index in [1.54, 1.807) is 0 Å². The molecule has 2 heteroatoms. The Labute approximate surface area is 163 Å². The van der Waals surface area contributed by atoms with Gasteiger partial charge in [0.05, 0.1) is 0 Å². The van der Waals surface area contributed by atoms with E-state index in [1.165, 1.54) is 38.6 Å². The first-order valence-electron chi connectivity index (χ1n) is 9.31. The molecule has 0 aliphatic heterocycles. The van der Waals surface area contributed by atoms with E-state index in [4.69, 9.17) is 0 Å². The monoisotopic (exact) mass is 369 g/mol. The predicted octanol–water partition coefficient (Wildman–Crippen LogP) is 5.16. The van der Waals surface area contributed by atoms with Gasteiger partial charge in [0.15, 0.2) is 0 Å². The van der Waals surface area contributed by atoms with Gasteiger partial charge in [-0.15, -0.1) is 0 Å². The van der Waals surface area contributed by atoms with E-state index in [2.05, 4.69) is 116 Å². The largest absolute Gasteiger partial charge is 0.318 e. The van der Waals surface area contributed by atoms with Crippen LogP contribution in [0.5, 0.6) is 0 Å². The van der Waals surface area contributed by atoms with Crippen LogP contribution in [0.25, 0.3) is 5.69 Å². The summed E-state index contributed by atoms with van der Waals surface area (Å²) in [6.07, 6.45) is 0. The summed E-state index contributed by atoms with van der Waals surface area (Å²) in [4.78, 5) is 0. The van der Waals surface area contributed by atoms with Gasteiger partial charge in [0, 0.05) is 22.4 Å². The van der Waals surface area contributed by atoms with Crippen LogP contribution < -0.4 is 15.9 Å². The molecule has 0 spiro atoms. The van der Waals surface area contributed by atoms with Crippen molar-refractivity contribution in [2.45, 2.75) is 20.8 Å². The Hall–Kier alpha value is -2.63. The highest BCUT2D eigenvalue weighted by molar-refractivity contribution is 7.79. The maximum Gasteiger partial charge on any atom is 0.0455 e. The fourth-order valence-electron chi connectivity index (χ4n) is 3.64. The molecular weight excluding hydrogens is 345 g/mol. The van der Waals surface area contributed by atoms with Gasteiger partial charge in [-0.1, -0.05) is 78.4 Å². The lowest BCUT2D eigenvalue weighted by molar-refractivity contribution is 0.968. The van der Waals surface area contributed by atoms with E-state index in [9.17, 15) is 0 Å². The Morgan fingerprint density at radius 2 is 1.15 bits per heavy atom. The van der Waals surface area contributed by atoms with Crippen LogP contribution in [-0.4, -0.2) is 4.57 Å². The summed E-state index contributed by atoms with van der Waals surface area (Å²) in [5.41, 5.74) is 5.14. The number of benzene rings is 3. The molecule has 0 saturated carbocycles. The van der Waals surface area contributed by atoms with Gasteiger partial charge >= 0.3 is 0 Å². The third kappa shape index (κ3) is 3.48. The van der Waals surface area contributed by atoms with Crippen molar-refractivity contribution in [3.8, 4) is 5.69 Å². The third-order valence-corrected chi connectivity index (χ3v) is 7.53. The fourth-order valence-corrected chi connectivity index (χ4v) is 6.18. The molecule has 0 fully saturated rings. The van der Waals surface area contributed by atoms with Gasteiger partial charge in [0.1, 0.15) is 0 Å². The van der Waals surface area contributed by atoms with E-state index in [0.717, 1.165) is 0 Å². The molecule has 0 saturated heterocycles. The Kier molecular flexibility index (Phi) is 4.97. The summed E-state index contributed by atoms with van der Waals surface area (Å²) in [6, 6.07) is 33.0. The molecule has 134 valence electrons. The Morgan fingerprint density at radius 3 is 1.67 bits per heavy atom. The van der Waals surface area contributed by atoms with Crippen LogP contribution in [0.4, 0.5) is 0 Å². The van der Waals surface area contributed by atoms with Crippen LogP contribution in [0.15, 0.2) is 91.0 Å². The summed E-state index contributed by atoms with van der Waals surface area (Å²) in [5.74, 6) is 0. The minimum atomic E-state index is -0.580. The second-order valence-corrected chi connectivity index (χ2v) is 9.12. The van der Waals surface area contributed by atoms with Crippen LogP contribution >= 0.6 is 7.92 Å². The highest BCUT2D eigenvalue weighted by Crippen LogP contribution is 2.35. The van der Waals surface area contributed by atoms with Crippen molar-refractivity contribution in [3.05, 3.63) is 108 Å². The normalized spacial score (nSPS) is 11.1. The van der Waals surface area contributed by atoms with E-state index in [1.807, 2.05) is 0 Å². The molecule has 0 amide bonds. The molecule has 0 unspecified atom stereocenters. The molecule has 0 bridgehead atoms. The van der Waals surface area contributed by atoms with Crippen molar-refractivity contribution in [2.75, 3.05) is 0 Å². The van der Waals surface area contributed by atoms with Crippen LogP contribution in [0.2, 0.25) is 0 Å². The van der Waals surface area contributed by atoms with Crippen LogP contribution in [0.3, 0.4) is 0 Å². The van der Waals surface area contributed by atoms with Gasteiger partial charge in [-0.3, -0.25) is 0 Å². The lowest BCUT2D eigenvalue weighted by Gasteiger charge is -2.19. The third-order valence-electron chi connectivity index (χ3n) is 4.97. The van der Waals surface area contributed by atoms with E-state index < -0.39 is 7.92 Å². The van der Waals surface area contributed by atoms with E-state index in [-0.39, 0.29) is 0 Å². The Morgan fingerprint density at radius 1 is 0.630 bits per heavy atom. The van der Waals surface area contributed by atoms with Crippen LogP contribution in [0, 0.1) is 20.8 Å². The molecule has 4 rings (SSSR count). The average Bonchev–Trinajstić information content (AvgIpc) is 2.99. The van der Waals surface area contributed by atoms with Crippen molar-refractivity contribution >= 4 is 23.8 Å². The van der Waals surface area contributed by atoms with Crippen molar-refractivity contribution in [2.24, 2.45) is 0 Å². The molecule has 0 N–H and O–H groups in total. The second kappa shape index (κ2) is 7.55. The van der Waals surface area contributed by atoms with Crippen LogP contribution in [0.1, 0.15) is 17.0 Å². The topological polar surface area (TPSA) is 4.93 Å². The molecule has 0 aliphatic rings. The van der Waals surface area contributed by atoms with Gasteiger partial charge in [-0.05, 0) is 57.5 Å². The predicted molar refractivity (Wildman–Crippen MR) is 119 cm³/mol. The van der Waals surface area contributed by atoms with E-state index >= 15 is 0 Å². The summed E-state index contributed by atoms with van der Waals surface area (Å²) >= 11 is 0. The standard InChI is InChI=1S/C25H24NP/c1-19-14-16-22(17-15-19)26-20(2)18-25(21(26)3)27(23-10-6-4-7-11-23)24-12-8-5-9-13-24/h4-18H,1-3H3. The lowest BCUT2D eigenvalue weighted by Crippen LogP contribution is -2.21. The Balaban J connectivity index is 1.89. The number of hydrogen-bond donors (Lipinski definition) is 0. The first-order chi connectivity index (χ1) is 13.1. The zero-order valence-electron chi connectivity index (χ0n) is 16.1. The molecule has 1 nitrogen and oxygen atoms in total. The fraction of sp³-hybridized carbons (Fsp3) is 0.120. The first kappa shape index (κ1) is 17.8. The summed E-state index contributed by atoms with van der Waals surface area (Å²) < 4.78 is 2.38. The van der Waals surface area contributed by atoms with Crippen LogP contribution in [-0.2, 0) is 0 Å². The number of rotatable bonds is 4. The quantitative estimate of drug-likeness (QED) is 0.438. The molecular formula is C25H24NP. The summed E-state index contributed by atoms with van der Waals surface area (Å²) in [6.45, 7) is 6.60. The summed E-state index contributed by atoms with van der Waals surface area (Å²) in [5, 5.41) is 4.21. The number of aryl methyl sites for hydroxylation is 2. The molecule has 0 radical (unpaired) electrons. The van der Waals surface area contributed by atoms with Crippen molar-refractivity contribution in [1.29, 1.82) is 0 Å². The highest BCUT2D eigenvalue weighted by atomic mass is 31.1. The molecule has 4 aromatic rings. The number of hydrogen-bond acceptors (Lipinski definition) is 0. The van der Waals surface area contributed by atoms with Gasteiger partial charge in [0.25, 0.3) is 0 Å². The Bertz CT molecular complexity index is 992. The number of nitrogens with zero attached hydrogens (tertiary/aromatic N) is 1. The number of aromatic nitrogens is 1. The van der Waals surface area contributed by atoms with Gasteiger partial charge < -0.3 is 4.57 Å². The first-order valence-corrected chi connectivity index (χ1v) is 10.7. The molecule has 0 atom stereocenters. The minimum Gasteiger partial charge on any atom is -0.318 e. The highest BCUT2D eigenvalue weighted by Gasteiger charge is 2.22.